The summed E-state index contributed by atoms with van der Waals surface area (Å²) in [5.74, 6) is -0.950. The number of carboxylic acid groups (broad SMARTS) is 1. The molecule has 0 radical (unpaired) electrons. The molecular formula is C10H13N3O3. The number of carbonyl (C=O) groups is 1. The van der Waals surface area contributed by atoms with E-state index < -0.39 is 16.9 Å². The van der Waals surface area contributed by atoms with E-state index in [-0.39, 0.29) is 11.5 Å². The normalized spacial score (nSPS) is 18.5. The Labute approximate surface area is 91.5 Å². The Morgan fingerprint density at radius 2 is 2.12 bits per heavy atom. The van der Waals surface area contributed by atoms with Gasteiger partial charge in [-0.2, -0.15) is 0 Å². The molecule has 1 aliphatic carbocycles. The maximum atomic E-state index is 11.7. The van der Waals surface area contributed by atoms with Crippen LogP contribution in [0.2, 0.25) is 0 Å². The van der Waals surface area contributed by atoms with Crippen LogP contribution in [0.15, 0.2) is 11.0 Å². The molecule has 1 aromatic rings. The number of carboxylic acids is 1. The molecule has 6 nitrogen and oxygen atoms in total. The maximum Gasteiger partial charge on any atom is 0.314 e. The Hall–Kier alpha value is -1.85. The Balaban J connectivity index is 2.56. The highest BCUT2D eigenvalue weighted by atomic mass is 16.4. The predicted molar refractivity (Wildman–Crippen MR) is 57.1 cm³/mol. The lowest BCUT2D eigenvalue weighted by molar-refractivity contribution is -0.143. The second-order valence-electron chi connectivity index (χ2n) is 4.11. The first-order chi connectivity index (χ1) is 7.56. The van der Waals surface area contributed by atoms with Crippen molar-refractivity contribution in [2.24, 2.45) is 0 Å². The third-order valence-corrected chi connectivity index (χ3v) is 3.20. The second-order valence-corrected chi connectivity index (χ2v) is 4.11. The van der Waals surface area contributed by atoms with E-state index in [1.165, 1.54) is 6.20 Å². The third-order valence-electron chi connectivity index (χ3n) is 3.20. The van der Waals surface area contributed by atoms with Crippen LogP contribution in [0.5, 0.6) is 0 Å². The van der Waals surface area contributed by atoms with Gasteiger partial charge < -0.3 is 10.8 Å². The fourth-order valence-electron chi connectivity index (χ4n) is 2.33. The van der Waals surface area contributed by atoms with E-state index >= 15 is 0 Å². The zero-order valence-electron chi connectivity index (χ0n) is 8.69. The molecule has 1 aromatic heterocycles. The first kappa shape index (κ1) is 10.7. The minimum atomic E-state index is -1.08. The van der Waals surface area contributed by atoms with Crippen LogP contribution in [0.4, 0.5) is 5.95 Å². The molecular weight excluding hydrogens is 210 g/mol. The van der Waals surface area contributed by atoms with Crippen molar-refractivity contribution in [3.8, 4) is 0 Å². The Kier molecular flexibility index (Phi) is 2.41. The monoisotopic (exact) mass is 223 g/mol. The Bertz CT molecular complexity index is 474. The summed E-state index contributed by atoms with van der Waals surface area (Å²) in [5.41, 5.74) is 4.02. The van der Waals surface area contributed by atoms with Gasteiger partial charge in [0, 0.05) is 6.20 Å². The van der Waals surface area contributed by atoms with Gasteiger partial charge in [-0.25, -0.2) is 4.98 Å². The topological polar surface area (TPSA) is 109 Å². The largest absolute Gasteiger partial charge is 0.481 e. The fourth-order valence-corrected chi connectivity index (χ4v) is 2.33. The molecule has 0 amide bonds. The molecule has 1 heterocycles. The maximum absolute atomic E-state index is 11.7. The molecule has 0 bridgehead atoms. The zero-order chi connectivity index (χ0) is 11.8. The van der Waals surface area contributed by atoms with Gasteiger partial charge in [0.15, 0.2) is 5.95 Å². The van der Waals surface area contributed by atoms with E-state index in [4.69, 9.17) is 5.73 Å². The molecule has 16 heavy (non-hydrogen) atoms. The van der Waals surface area contributed by atoms with E-state index in [1.807, 2.05) is 0 Å². The van der Waals surface area contributed by atoms with Crippen molar-refractivity contribution < 1.29 is 9.90 Å². The summed E-state index contributed by atoms with van der Waals surface area (Å²) < 4.78 is 0. The number of nitrogens with one attached hydrogen (secondary N) is 1. The molecule has 0 aromatic carbocycles. The van der Waals surface area contributed by atoms with Crippen molar-refractivity contribution in [3.63, 3.8) is 0 Å². The van der Waals surface area contributed by atoms with E-state index in [0.29, 0.717) is 12.8 Å². The second kappa shape index (κ2) is 3.62. The Morgan fingerprint density at radius 3 is 2.62 bits per heavy atom. The number of rotatable bonds is 2. The van der Waals surface area contributed by atoms with Crippen LogP contribution in [0.1, 0.15) is 31.2 Å². The molecule has 0 spiro atoms. The molecule has 1 saturated carbocycles. The van der Waals surface area contributed by atoms with Crippen molar-refractivity contribution in [3.05, 3.63) is 22.1 Å². The molecule has 0 aliphatic heterocycles. The predicted octanol–water partition coefficient (Wildman–Crippen LogP) is 0.248. The molecule has 0 atom stereocenters. The molecule has 0 unspecified atom stereocenters. The number of aliphatic carboxylic acids is 1. The zero-order valence-corrected chi connectivity index (χ0v) is 8.69. The lowest BCUT2D eigenvalue weighted by atomic mass is 9.80. The highest BCUT2D eigenvalue weighted by molar-refractivity contribution is 5.81. The quantitative estimate of drug-likeness (QED) is 0.665. The molecule has 4 N–H and O–H groups in total. The SMILES string of the molecule is Nc1ncc(C2(C(=O)O)CCCC2)c(=O)[nH]1. The number of nitrogens with zero attached hydrogens (tertiary/aromatic N) is 1. The average Bonchev–Trinajstić information content (AvgIpc) is 2.67. The summed E-state index contributed by atoms with van der Waals surface area (Å²) in [6.07, 6.45) is 3.88. The first-order valence-corrected chi connectivity index (χ1v) is 5.15. The number of nitrogens with two attached hydrogens (primary N) is 1. The number of aromatic amines is 1. The summed E-state index contributed by atoms with van der Waals surface area (Å²) >= 11 is 0. The van der Waals surface area contributed by atoms with Gasteiger partial charge in [0.1, 0.15) is 0 Å². The van der Waals surface area contributed by atoms with E-state index in [9.17, 15) is 14.7 Å². The van der Waals surface area contributed by atoms with Crippen LogP contribution < -0.4 is 11.3 Å². The van der Waals surface area contributed by atoms with Gasteiger partial charge >= 0.3 is 5.97 Å². The number of aromatic nitrogens is 2. The van der Waals surface area contributed by atoms with Crippen LogP contribution in [-0.4, -0.2) is 21.0 Å². The van der Waals surface area contributed by atoms with Crippen LogP contribution in [0, 0.1) is 0 Å². The number of hydrogen-bond donors (Lipinski definition) is 3. The van der Waals surface area contributed by atoms with Crippen molar-refractivity contribution in [2.45, 2.75) is 31.1 Å². The van der Waals surface area contributed by atoms with Gasteiger partial charge in [-0.15, -0.1) is 0 Å². The number of H-pyrrole nitrogens is 1. The van der Waals surface area contributed by atoms with Gasteiger partial charge in [-0.3, -0.25) is 14.6 Å². The first-order valence-electron chi connectivity index (χ1n) is 5.15. The number of hydrogen-bond acceptors (Lipinski definition) is 4. The van der Waals surface area contributed by atoms with Crippen LogP contribution in [-0.2, 0) is 10.2 Å². The van der Waals surface area contributed by atoms with Crippen LogP contribution in [0.25, 0.3) is 0 Å². The summed E-state index contributed by atoms with van der Waals surface area (Å²) in [7, 11) is 0. The molecule has 1 fully saturated rings. The van der Waals surface area contributed by atoms with Gasteiger partial charge in [0.25, 0.3) is 5.56 Å². The van der Waals surface area contributed by atoms with Gasteiger partial charge in [-0.05, 0) is 12.8 Å². The highest BCUT2D eigenvalue weighted by Crippen LogP contribution is 2.39. The van der Waals surface area contributed by atoms with E-state index in [0.717, 1.165) is 12.8 Å². The fraction of sp³-hybridized carbons (Fsp3) is 0.500. The highest BCUT2D eigenvalue weighted by Gasteiger charge is 2.45. The summed E-state index contributed by atoms with van der Waals surface area (Å²) in [6, 6.07) is 0. The standard InChI is InChI=1S/C10H13N3O3/c11-9-12-5-6(7(14)13-9)10(8(15)16)3-1-2-4-10/h5H,1-4H2,(H,15,16)(H3,11,12,13,14). The van der Waals surface area contributed by atoms with Crippen molar-refractivity contribution in [2.75, 3.05) is 5.73 Å². The molecule has 6 heteroatoms. The average molecular weight is 223 g/mol. The smallest absolute Gasteiger partial charge is 0.314 e. The molecule has 1 aliphatic rings. The minimum Gasteiger partial charge on any atom is -0.481 e. The number of nitrogen functional groups attached to an aromatic ring is 1. The van der Waals surface area contributed by atoms with Crippen molar-refractivity contribution in [1.29, 1.82) is 0 Å². The molecule has 0 saturated heterocycles. The lowest BCUT2D eigenvalue weighted by Crippen LogP contribution is -2.38. The summed E-state index contributed by atoms with van der Waals surface area (Å²) in [6.45, 7) is 0. The van der Waals surface area contributed by atoms with E-state index in [2.05, 4.69) is 9.97 Å². The number of anilines is 1. The minimum absolute atomic E-state index is 0.00675. The Morgan fingerprint density at radius 1 is 1.50 bits per heavy atom. The lowest BCUT2D eigenvalue weighted by Gasteiger charge is -2.22. The third kappa shape index (κ3) is 1.46. The molecule has 2 rings (SSSR count). The van der Waals surface area contributed by atoms with Crippen molar-refractivity contribution >= 4 is 11.9 Å². The van der Waals surface area contributed by atoms with Crippen molar-refractivity contribution in [1.82, 2.24) is 9.97 Å². The van der Waals surface area contributed by atoms with E-state index in [1.54, 1.807) is 0 Å². The molecule has 86 valence electrons. The summed E-state index contributed by atoms with van der Waals surface area (Å²) in [5, 5.41) is 9.30. The summed E-state index contributed by atoms with van der Waals surface area (Å²) in [4.78, 5) is 29.2. The van der Waals surface area contributed by atoms with Crippen LogP contribution in [0.3, 0.4) is 0 Å². The van der Waals surface area contributed by atoms with Gasteiger partial charge in [0.2, 0.25) is 0 Å². The van der Waals surface area contributed by atoms with Crippen LogP contribution >= 0.6 is 0 Å². The van der Waals surface area contributed by atoms with Gasteiger partial charge in [0.05, 0.1) is 11.0 Å². The van der Waals surface area contributed by atoms with Gasteiger partial charge in [-0.1, -0.05) is 12.8 Å².